The van der Waals surface area contributed by atoms with Gasteiger partial charge in [-0.3, -0.25) is 0 Å². The summed E-state index contributed by atoms with van der Waals surface area (Å²) < 4.78 is 36.8. The highest BCUT2D eigenvalue weighted by Gasteiger charge is 2.38. The van der Waals surface area contributed by atoms with Gasteiger partial charge in [0.25, 0.3) is 0 Å². The lowest BCUT2D eigenvalue weighted by atomic mass is 9.80. The summed E-state index contributed by atoms with van der Waals surface area (Å²) in [6.07, 6.45) is 0. The molecule has 0 atom stereocenters. The molecule has 6 rings (SSSR count). The van der Waals surface area contributed by atoms with Crippen molar-refractivity contribution >= 4 is 0 Å². The van der Waals surface area contributed by atoms with E-state index in [9.17, 15) is 0 Å². The molecule has 0 aliphatic rings. The van der Waals surface area contributed by atoms with Crippen molar-refractivity contribution in [2.45, 2.75) is 11.2 Å². The fourth-order valence-electron chi connectivity index (χ4n) is 6.81. The van der Waals surface area contributed by atoms with Crippen LogP contribution in [0, 0.1) is 0 Å². The molecule has 0 bridgehead atoms. The fraction of sp³-hybridized carbons (Fsp3) is 0.250. The zero-order valence-corrected chi connectivity index (χ0v) is 30.8. The zero-order valence-electron chi connectivity index (χ0n) is 30.8. The molecule has 6 aromatic rings. The van der Waals surface area contributed by atoms with E-state index in [4.69, 9.17) is 28.4 Å². The number of hydrogen-bond donors (Lipinski definition) is 0. The van der Waals surface area contributed by atoms with Gasteiger partial charge in [-0.25, -0.2) is 0 Å². The van der Waals surface area contributed by atoms with Gasteiger partial charge in [-0.2, -0.15) is 0 Å². The molecule has 0 heterocycles. The zero-order chi connectivity index (χ0) is 37.0. The Balaban J connectivity index is 0.879. The first kappa shape index (κ1) is 38.8. The van der Waals surface area contributed by atoms with Crippen molar-refractivity contribution in [2.24, 2.45) is 0 Å². The second kappa shape index (κ2) is 21.1. The number of ether oxygens (including phenoxy) is 6. The van der Waals surface area contributed by atoms with Crippen molar-refractivity contribution in [3.8, 4) is 0 Å². The molecule has 0 aromatic heterocycles. The van der Waals surface area contributed by atoms with Crippen molar-refractivity contribution in [3.63, 3.8) is 0 Å². The average molecular weight is 723 g/mol. The standard InChI is InChI=1S/C48H50O6/c1-7-19-41(20-8-1)47(42-21-9-2-10-22-42,43-23-11-3-12-24-43)53-39-37-51-35-33-49-31-32-50-34-36-52-38-40-54-48(44-25-13-4-14-26-44,45-27-15-5-16-28-45)46-29-17-6-18-30-46/h1-30H,31-40H2. The third-order valence-electron chi connectivity index (χ3n) is 9.29. The van der Waals surface area contributed by atoms with Crippen LogP contribution in [0.5, 0.6) is 0 Å². The van der Waals surface area contributed by atoms with E-state index in [0.717, 1.165) is 33.4 Å². The van der Waals surface area contributed by atoms with Gasteiger partial charge < -0.3 is 28.4 Å². The van der Waals surface area contributed by atoms with Gasteiger partial charge in [-0.1, -0.05) is 182 Å². The molecule has 0 saturated heterocycles. The van der Waals surface area contributed by atoms with E-state index in [1.54, 1.807) is 0 Å². The number of benzene rings is 6. The Bertz CT molecular complexity index is 1520. The summed E-state index contributed by atoms with van der Waals surface area (Å²) in [5.41, 5.74) is 4.91. The molecule has 6 heteroatoms. The summed E-state index contributed by atoms with van der Waals surface area (Å²) in [5, 5.41) is 0. The molecule has 6 nitrogen and oxygen atoms in total. The van der Waals surface area contributed by atoms with Crippen LogP contribution in [0.3, 0.4) is 0 Å². The molecule has 0 N–H and O–H groups in total. The molecule has 0 fully saturated rings. The third-order valence-corrected chi connectivity index (χ3v) is 9.29. The van der Waals surface area contributed by atoms with E-state index in [-0.39, 0.29) is 0 Å². The van der Waals surface area contributed by atoms with Gasteiger partial charge in [0.2, 0.25) is 0 Å². The maximum atomic E-state index is 6.77. The predicted octanol–water partition coefficient (Wildman–Crippen LogP) is 9.07. The summed E-state index contributed by atoms with van der Waals surface area (Å²) in [4.78, 5) is 0. The van der Waals surface area contributed by atoms with Gasteiger partial charge >= 0.3 is 0 Å². The van der Waals surface area contributed by atoms with Crippen LogP contribution in [0.15, 0.2) is 182 Å². The van der Waals surface area contributed by atoms with Gasteiger partial charge in [0.15, 0.2) is 0 Å². The molecule has 0 aliphatic heterocycles. The normalized spacial score (nSPS) is 11.8. The summed E-state index contributed by atoms with van der Waals surface area (Å²) in [5.74, 6) is 0. The lowest BCUT2D eigenvalue weighted by molar-refractivity contribution is -0.0442. The van der Waals surface area contributed by atoms with Crippen LogP contribution in [0.4, 0.5) is 0 Å². The molecular weight excluding hydrogens is 673 g/mol. The van der Waals surface area contributed by atoms with Gasteiger partial charge in [0, 0.05) is 0 Å². The Hall–Kier alpha value is -4.92. The minimum absolute atomic E-state index is 0.415. The van der Waals surface area contributed by atoms with Crippen molar-refractivity contribution in [2.75, 3.05) is 66.1 Å². The van der Waals surface area contributed by atoms with Crippen LogP contribution in [0.2, 0.25) is 0 Å². The maximum Gasteiger partial charge on any atom is 0.143 e. The van der Waals surface area contributed by atoms with Gasteiger partial charge in [-0.05, 0) is 33.4 Å². The molecule has 0 aliphatic carbocycles. The van der Waals surface area contributed by atoms with Crippen molar-refractivity contribution in [1.82, 2.24) is 0 Å². The second-order valence-corrected chi connectivity index (χ2v) is 12.7. The molecule has 0 unspecified atom stereocenters. The first-order valence-corrected chi connectivity index (χ1v) is 18.8. The Morgan fingerprint density at radius 2 is 0.389 bits per heavy atom. The molecular formula is C48H50O6. The summed E-state index contributed by atoms with van der Waals surface area (Å²) in [6, 6.07) is 62.2. The van der Waals surface area contributed by atoms with Crippen molar-refractivity contribution < 1.29 is 28.4 Å². The average Bonchev–Trinajstić information content (AvgIpc) is 3.25. The molecule has 0 spiro atoms. The monoisotopic (exact) mass is 722 g/mol. The maximum absolute atomic E-state index is 6.77. The van der Waals surface area contributed by atoms with Gasteiger partial charge in [0.05, 0.1) is 66.1 Å². The van der Waals surface area contributed by atoms with E-state index in [1.807, 2.05) is 36.4 Å². The highest BCUT2D eigenvalue weighted by Crippen LogP contribution is 2.41. The van der Waals surface area contributed by atoms with Crippen molar-refractivity contribution in [3.05, 3.63) is 215 Å². The quantitative estimate of drug-likeness (QED) is 0.0486. The lowest BCUT2D eigenvalue weighted by Crippen LogP contribution is -2.34. The molecule has 0 amide bonds. The Labute approximate surface area is 320 Å². The SMILES string of the molecule is c1ccc(C(OCCOCCOCCOCCOCCOC(c2ccccc2)(c2ccccc2)c2ccccc2)(c2ccccc2)c2ccccc2)cc1. The van der Waals surface area contributed by atoms with Crippen LogP contribution in [0.1, 0.15) is 33.4 Å². The first-order valence-electron chi connectivity index (χ1n) is 18.8. The minimum Gasteiger partial charge on any atom is -0.377 e. The first-order chi connectivity index (χ1) is 26.8. The topological polar surface area (TPSA) is 55.4 Å². The van der Waals surface area contributed by atoms with Crippen LogP contribution >= 0.6 is 0 Å². The Kier molecular flexibility index (Phi) is 15.2. The second-order valence-electron chi connectivity index (χ2n) is 12.7. The number of hydrogen-bond acceptors (Lipinski definition) is 6. The molecule has 54 heavy (non-hydrogen) atoms. The Morgan fingerprint density at radius 1 is 0.222 bits per heavy atom. The predicted molar refractivity (Wildman–Crippen MR) is 214 cm³/mol. The highest BCUT2D eigenvalue weighted by molar-refractivity contribution is 5.48. The van der Waals surface area contributed by atoms with Crippen LogP contribution in [-0.4, -0.2) is 66.1 Å². The molecule has 0 radical (unpaired) electrons. The van der Waals surface area contributed by atoms with Crippen LogP contribution in [0.25, 0.3) is 0 Å². The van der Waals surface area contributed by atoms with Crippen LogP contribution in [-0.2, 0) is 39.6 Å². The fourth-order valence-corrected chi connectivity index (χ4v) is 6.81. The highest BCUT2D eigenvalue weighted by atomic mass is 16.6. The van der Waals surface area contributed by atoms with Gasteiger partial charge in [0.1, 0.15) is 11.2 Å². The van der Waals surface area contributed by atoms with E-state index in [1.165, 1.54) is 0 Å². The van der Waals surface area contributed by atoms with E-state index in [0.29, 0.717) is 66.1 Å². The van der Waals surface area contributed by atoms with E-state index < -0.39 is 11.2 Å². The van der Waals surface area contributed by atoms with E-state index >= 15 is 0 Å². The van der Waals surface area contributed by atoms with E-state index in [2.05, 4.69) is 146 Å². The van der Waals surface area contributed by atoms with Gasteiger partial charge in [-0.15, -0.1) is 0 Å². The summed E-state index contributed by atoms with van der Waals surface area (Å²) >= 11 is 0. The largest absolute Gasteiger partial charge is 0.377 e. The molecule has 278 valence electrons. The summed E-state index contributed by atoms with van der Waals surface area (Å²) in [6.45, 7) is 4.57. The molecule has 6 aromatic carbocycles. The smallest absolute Gasteiger partial charge is 0.143 e. The third kappa shape index (κ3) is 9.98. The lowest BCUT2D eigenvalue weighted by Gasteiger charge is -2.36. The molecule has 0 saturated carbocycles. The minimum atomic E-state index is -0.755. The summed E-state index contributed by atoms with van der Waals surface area (Å²) in [7, 11) is 0. The van der Waals surface area contributed by atoms with Crippen LogP contribution < -0.4 is 0 Å². The van der Waals surface area contributed by atoms with Crippen molar-refractivity contribution in [1.29, 1.82) is 0 Å². The number of rotatable bonds is 23. The Morgan fingerprint density at radius 3 is 0.574 bits per heavy atom.